The van der Waals surface area contributed by atoms with E-state index < -0.39 is 12.3 Å². The van der Waals surface area contributed by atoms with Crippen LogP contribution in [0.5, 0.6) is 11.5 Å². The highest BCUT2D eigenvalue weighted by Gasteiger charge is 2.20. The lowest BCUT2D eigenvalue weighted by Crippen LogP contribution is -2.18. The molecule has 5 nitrogen and oxygen atoms in total. The van der Waals surface area contributed by atoms with Gasteiger partial charge in [-0.25, -0.2) is 0 Å². The first-order chi connectivity index (χ1) is 7.56. The molecule has 0 aliphatic carbocycles. The molecule has 0 radical (unpaired) electrons. The summed E-state index contributed by atoms with van der Waals surface area (Å²) in [7, 11) is 0. The molecule has 0 bridgehead atoms. The number of carboxylic acid groups (broad SMARTS) is 1. The molecule has 1 aliphatic heterocycles. The van der Waals surface area contributed by atoms with Gasteiger partial charge >= 0.3 is 5.97 Å². The van der Waals surface area contributed by atoms with E-state index >= 15 is 0 Å². The fraction of sp³-hybridized carbons (Fsp3) is 0.182. The lowest BCUT2D eigenvalue weighted by atomic mass is 9.99. The number of carboxylic acids is 1. The maximum absolute atomic E-state index is 10.6. The van der Waals surface area contributed by atoms with Crippen molar-refractivity contribution in [3.63, 3.8) is 0 Å². The smallest absolute Gasteiger partial charge is 0.307 e. The Labute approximate surface area is 91.2 Å². The second kappa shape index (κ2) is 3.86. The number of aliphatic hydroxyl groups is 1. The number of hydrogen-bond acceptors (Lipinski definition) is 4. The predicted octanol–water partition coefficient (Wildman–Crippen LogP) is 0.961. The van der Waals surface area contributed by atoms with Crippen LogP contribution in [0.1, 0.15) is 12.0 Å². The van der Waals surface area contributed by atoms with E-state index in [1.54, 1.807) is 6.07 Å². The molecule has 84 valence electrons. The Kier molecular flexibility index (Phi) is 2.54. The third-order valence-corrected chi connectivity index (χ3v) is 2.24. The van der Waals surface area contributed by atoms with Crippen molar-refractivity contribution in [3.05, 3.63) is 29.8 Å². The minimum Gasteiger partial charge on any atom is -0.508 e. The van der Waals surface area contributed by atoms with Crippen molar-refractivity contribution in [1.29, 1.82) is 0 Å². The molecule has 16 heavy (non-hydrogen) atoms. The van der Waals surface area contributed by atoms with Crippen LogP contribution in [0.2, 0.25) is 0 Å². The van der Waals surface area contributed by atoms with E-state index in [0.717, 1.165) is 0 Å². The fourth-order valence-electron chi connectivity index (χ4n) is 1.62. The van der Waals surface area contributed by atoms with Crippen LogP contribution in [-0.4, -0.2) is 27.6 Å². The van der Waals surface area contributed by atoms with E-state index in [9.17, 15) is 15.0 Å². The molecule has 0 spiro atoms. The number of ether oxygens (including phenoxy) is 1. The molecule has 1 aliphatic rings. The third-order valence-electron chi connectivity index (χ3n) is 2.24. The van der Waals surface area contributed by atoms with Gasteiger partial charge in [0.2, 0.25) is 6.29 Å². The lowest BCUT2D eigenvalue weighted by molar-refractivity contribution is -0.135. The number of carbonyl (C=O) groups is 1. The summed E-state index contributed by atoms with van der Waals surface area (Å²) in [6.45, 7) is 0. The van der Waals surface area contributed by atoms with E-state index in [1.807, 2.05) is 0 Å². The van der Waals surface area contributed by atoms with Crippen molar-refractivity contribution >= 4 is 11.5 Å². The van der Waals surface area contributed by atoms with Gasteiger partial charge in [-0.05, 0) is 23.8 Å². The first kappa shape index (κ1) is 10.5. The summed E-state index contributed by atoms with van der Waals surface area (Å²) in [6, 6.07) is 4.34. The Morgan fingerprint density at radius 3 is 2.88 bits per heavy atom. The highest BCUT2D eigenvalue weighted by molar-refractivity contribution is 5.86. The number of aromatic hydroxyl groups is 1. The summed E-state index contributed by atoms with van der Waals surface area (Å²) in [6.07, 6.45) is -0.0326. The Balaban J connectivity index is 2.43. The van der Waals surface area contributed by atoms with Crippen molar-refractivity contribution in [3.8, 4) is 11.5 Å². The van der Waals surface area contributed by atoms with Crippen LogP contribution in [0.3, 0.4) is 0 Å². The van der Waals surface area contributed by atoms with Crippen molar-refractivity contribution in [2.24, 2.45) is 0 Å². The van der Waals surface area contributed by atoms with Gasteiger partial charge in [-0.3, -0.25) is 4.79 Å². The summed E-state index contributed by atoms with van der Waals surface area (Å²) in [5.41, 5.74) is 1.05. The first-order valence-corrected chi connectivity index (χ1v) is 4.67. The van der Waals surface area contributed by atoms with Gasteiger partial charge < -0.3 is 20.1 Å². The quantitative estimate of drug-likeness (QED) is 0.693. The average molecular weight is 222 g/mol. The third kappa shape index (κ3) is 1.99. The van der Waals surface area contributed by atoms with E-state index in [0.29, 0.717) is 11.1 Å². The van der Waals surface area contributed by atoms with Crippen LogP contribution in [0.4, 0.5) is 0 Å². The van der Waals surface area contributed by atoms with Gasteiger partial charge in [0.1, 0.15) is 11.5 Å². The Morgan fingerprint density at radius 2 is 2.19 bits per heavy atom. The van der Waals surface area contributed by atoms with Gasteiger partial charge in [-0.15, -0.1) is 0 Å². The summed E-state index contributed by atoms with van der Waals surface area (Å²) in [5, 5.41) is 27.3. The van der Waals surface area contributed by atoms with Crippen LogP contribution >= 0.6 is 0 Å². The Morgan fingerprint density at radius 1 is 1.44 bits per heavy atom. The summed E-state index contributed by atoms with van der Waals surface area (Å²) in [4.78, 5) is 10.6. The number of hydrogen-bond donors (Lipinski definition) is 3. The van der Waals surface area contributed by atoms with E-state index in [4.69, 9.17) is 9.84 Å². The molecular formula is C11H10O5. The molecule has 1 unspecified atom stereocenters. The van der Waals surface area contributed by atoms with Crippen LogP contribution in [-0.2, 0) is 4.79 Å². The standard InChI is InChI=1S/C11H10O5/c12-7-1-2-8-6(3-10(13)14)4-11(15)16-9(8)5-7/h1-2,4-5,11-12,15H,3H2,(H,13,14). The minimum absolute atomic E-state index is 0.00234. The molecule has 1 aromatic rings. The van der Waals surface area contributed by atoms with E-state index in [-0.39, 0.29) is 17.9 Å². The molecule has 1 heterocycles. The maximum atomic E-state index is 10.6. The molecule has 1 aromatic carbocycles. The van der Waals surface area contributed by atoms with Gasteiger partial charge in [-0.1, -0.05) is 0 Å². The number of aliphatic carboxylic acids is 1. The van der Waals surface area contributed by atoms with Gasteiger partial charge in [0.15, 0.2) is 0 Å². The highest BCUT2D eigenvalue weighted by atomic mass is 16.6. The zero-order chi connectivity index (χ0) is 11.7. The fourth-order valence-corrected chi connectivity index (χ4v) is 1.62. The number of benzene rings is 1. The van der Waals surface area contributed by atoms with Crippen molar-refractivity contribution < 1.29 is 24.9 Å². The second-order valence-corrected chi connectivity index (χ2v) is 3.45. The Hall–Kier alpha value is -2.01. The summed E-state index contributed by atoms with van der Waals surface area (Å²) >= 11 is 0. The maximum Gasteiger partial charge on any atom is 0.307 e. The Bertz CT molecular complexity index is 463. The average Bonchev–Trinajstić information content (AvgIpc) is 2.15. The normalized spacial score (nSPS) is 18.3. The zero-order valence-electron chi connectivity index (χ0n) is 8.25. The number of phenols is 1. The molecule has 5 heteroatoms. The lowest BCUT2D eigenvalue weighted by Gasteiger charge is -2.21. The molecule has 0 aromatic heterocycles. The van der Waals surface area contributed by atoms with Crippen LogP contribution < -0.4 is 4.74 Å². The largest absolute Gasteiger partial charge is 0.508 e. The van der Waals surface area contributed by atoms with E-state index in [1.165, 1.54) is 18.2 Å². The molecule has 0 amide bonds. The SMILES string of the molecule is O=C(O)CC1=CC(O)Oc2cc(O)ccc21. The number of aliphatic hydroxyl groups excluding tert-OH is 1. The number of fused-ring (bicyclic) bond motifs is 1. The van der Waals surface area contributed by atoms with Gasteiger partial charge in [-0.2, -0.15) is 0 Å². The van der Waals surface area contributed by atoms with Crippen molar-refractivity contribution in [2.45, 2.75) is 12.7 Å². The van der Waals surface area contributed by atoms with Gasteiger partial charge in [0.05, 0.1) is 6.42 Å². The van der Waals surface area contributed by atoms with Gasteiger partial charge in [0, 0.05) is 11.6 Å². The van der Waals surface area contributed by atoms with Crippen LogP contribution in [0, 0.1) is 0 Å². The molecule has 2 rings (SSSR count). The summed E-state index contributed by atoms with van der Waals surface area (Å²) in [5.74, 6) is -0.701. The van der Waals surface area contributed by atoms with Crippen molar-refractivity contribution in [1.82, 2.24) is 0 Å². The zero-order valence-corrected chi connectivity index (χ0v) is 8.25. The van der Waals surface area contributed by atoms with Crippen LogP contribution in [0.15, 0.2) is 24.3 Å². The van der Waals surface area contributed by atoms with Gasteiger partial charge in [0.25, 0.3) is 0 Å². The topological polar surface area (TPSA) is 87.0 Å². The summed E-state index contributed by atoms with van der Waals surface area (Å²) < 4.78 is 5.05. The molecular weight excluding hydrogens is 212 g/mol. The first-order valence-electron chi connectivity index (χ1n) is 4.67. The van der Waals surface area contributed by atoms with E-state index in [2.05, 4.69) is 0 Å². The van der Waals surface area contributed by atoms with Crippen molar-refractivity contribution in [2.75, 3.05) is 0 Å². The molecule has 0 saturated carbocycles. The molecule has 1 atom stereocenters. The molecule has 0 fully saturated rings. The monoisotopic (exact) mass is 222 g/mol. The molecule has 3 N–H and O–H groups in total. The second-order valence-electron chi connectivity index (χ2n) is 3.45. The predicted molar refractivity (Wildman–Crippen MR) is 55.0 cm³/mol. The highest BCUT2D eigenvalue weighted by Crippen LogP contribution is 2.35. The minimum atomic E-state index is -1.18. The number of rotatable bonds is 2. The number of phenolic OH excluding ortho intramolecular Hbond substituents is 1. The molecule has 0 saturated heterocycles. The van der Waals surface area contributed by atoms with Crippen LogP contribution in [0.25, 0.3) is 5.57 Å².